The summed E-state index contributed by atoms with van der Waals surface area (Å²) in [4.78, 5) is 44.5. The minimum Gasteiger partial charge on any atom is -0.338 e. The van der Waals surface area contributed by atoms with E-state index in [4.69, 9.17) is 4.84 Å². The molecule has 190 valence electrons. The topological polar surface area (TPSA) is 99.8 Å². The minimum atomic E-state index is -0.272. The number of urea groups is 1. The van der Waals surface area contributed by atoms with Crippen molar-refractivity contribution in [1.29, 1.82) is 0 Å². The first-order valence-corrected chi connectivity index (χ1v) is 12.9. The molecule has 0 spiro atoms. The summed E-state index contributed by atoms with van der Waals surface area (Å²) >= 11 is 0. The monoisotopic (exact) mass is 482 g/mol. The standard InChI is InChI=1S/C27H38N4O4/c1-25-11-18-12-26(2,15-25)17-27(13-18,16-25)29-24(34)28-21-8-6-19(7-9-21)23(33)31-10-4-5-20(14-31)22(32)30-35-3/h6-9,18,20H,4-5,10-17H2,1-3H3,(H,30,32)(H2,28,29,34)/t18?,20?,25-,26+,27?. The van der Waals surface area contributed by atoms with Crippen LogP contribution in [0.25, 0.3) is 0 Å². The zero-order valence-electron chi connectivity index (χ0n) is 21.1. The van der Waals surface area contributed by atoms with E-state index in [1.165, 1.54) is 26.4 Å². The molecule has 5 aliphatic rings. The van der Waals surface area contributed by atoms with Crippen molar-refractivity contribution in [3.8, 4) is 0 Å². The van der Waals surface area contributed by atoms with Gasteiger partial charge in [-0.25, -0.2) is 10.3 Å². The van der Waals surface area contributed by atoms with E-state index in [9.17, 15) is 14.4 Å². The smallest absolute Gasteiger partial charge is 0.319 e. The number of hydroxylamine groups is 1. The fourth-order valence-corrected chi connectivity index (χ4v) is 8.43. The first kappa shape index (κ1) is 24.1. The zero-order valence-corrected chi connectivity index (χ0v) is 21.1. The SMILES string of the molecule is CONC(=O)C1CCCN(C(=O)c2ccc(NC(=O)NC34CC5C[C@@](C)(C3)C[C@](C)(C5)C4)cc2)C1. The van der Waals surface area contributed by atoms with E-state index in [0.29, 0.717) is 41.1 Å². The van der Waals surface area contributed by atoms with Gasteiger partial charge < -0.3 is 15.5 Å². The fourth-order valence-electron chi connectivity index (χ4n) is 8.43. The lowest BCUT2D eigenvalue weighted by atomic mass is 9.43. The molecule has 4 saturated carbocycles. The fraction of sp³-hybridized carbons (Fsp3) is 0.667. The Bertz CT molecular complexity index is 991. The van der Waals surface area contributed by atoms with Gasteiger partial charge in [0.25, 0.3) is 5.91 Å². The number of carbonyl (C=O) groups is 3. The molecule has 35 heavy (non-hydrogen) atoms. The highest BCUT2D eigenvalue weighted by molar-refractivity contribution is 5.96. The van der Waals surface area contributed by atoms with Gasteiger partial charge in [-0.05, 0) is 92.4 Å². The van der Waals surface area contributed by atoms with Crippen molar-refractivity contribution in [1.82, 2.24) is 15.7 Å². The van der Waals surface area contributed by atoms with E-state index >= 15 is 0 Å². The highest BCUT2D eigenvalue weighted by Gasteiger charge is 2.60. The van der Waals surface area contributed by atoms with E-state index in [-0.39, 0.29) is 29.3 Å². The molecule has 8 nitrogen and oxygen atoms in total. The van der Waals surface area contributed by atoms with Crippen LogP contribution in [0.15, 0.2) is 24.3 Å². The van der Waals surface area contributed by atoms with Crippen LogP contribution in [0.3, 0.4) is 0 Å². The van der Waals surface area contributed by atoms with Gasteiger partial charge in [-0.2, -0.15) is 0 Å². The third kappa shape index (κ3) is 4.90. The lowest BCUT2D eigenvalue weighted by Crippen LogP contribution is -2.65. The number of nitrogens with zero attached hydrogens (tertiary/aromatic N) is 1. The second-order valence-corrected chi connectivity index (χ2v) is 12.3. The maximum atomic E-state index is 13.0. The molecule has 3 unspecified atom stereocenters. The molecule has 1 saturated heterocycles. The van der Waals surface area contributed by atoms with Gasteiger partial charge in [0.15, 0.2) is 0 Å². The van der Waals surface area contributed by atoms with E-state index in [1.54, 1.807) is 29.2 Å². The summed E-state index contributed by atoms with van der Waals surface area (Å²) < 4.78 is 0. The van der Waals surface area contributed by atoms with Crippen molar-refractivity contribution in [2.45, 2.75) is 70.8 Å². The molecule has 1 aromatic carbocycles. The van der Waals surface area contributed by atoms with Crippen LogP contribution in [0.2, 0.25) is 0 Å². The van der Waals surface area contributed by atoms with Gasteiger partial charge in [0.2, 0.25) is 5.91 Å². The Morgan fingerprint density at radius 1 is 1.00 bits per heavy atom. The van der Waals surface area contributed by atoms with E-state index in [1.807, 2.05) is 0 Å². The molecule has 1 heterocycles. The van der Waals surface area contributed by atoms with Crippen molar-refractivity contribution in [2.75, 3.05) is 25.5 Å². The van der Waals surface area contributed by atoms with Gasteiger partial charge in [0.1, 0.15) is 0 Å². The highest BCUT2D eigenvalue weighted by atomic mass is 16.6. The Kier molecular flexibility index (Phi) is 6.06. The van der Waals surface area contributed by atoms with Crippen LogP contribution >= 0.6 is 0 Å². The molecular formula is C27H38N4O4. The number of hydrogen-bond donors (Lipinski definition) is 3. The third-order valence-corrected chi connectivity index (χ3v) is 8.68. The summed E-state index contributed by atoms with van der Waals surface area (Å²) in [5.74, 6) is 0.136. The zero-order chi connectivity index (χ0) is 24.8. The molecule has 4 aliphatic carbocycles. The van der Waals surface area contributed by atoms with Gasteiger partial charge >= 0.3 is 6.03 Å². The van der Waals surface area contributed by atoms with Gasteiger partial charge in [0.05, 0.1) is 13.0 Å². The average molecular weight is 483 g/mol. The largest absolute Gasteiger partial charge is 0.338 e. The quantitative estimate of drug-likeness (QED) is 0.551. The van der Waals surface area contributed by atoms with Crippen molar-refractivity contribution in [3.05, 3.63) is 29.8 Å². The first-order chi connectivity index (χ1) is 16.6. The van der Waals surface area contributed by atoms with Crippen molar-refractivity contribution < 1.29 is 19.2 Å². The Hall–Kier alpha value is -2.61. The molecule has 0 radical (unpaired) electrons. The van der Waals surface area contributed by atoms with Crippen molar-refractivity contribution in [2.24, 2.45) is 22.7 Å². The molecule has 5 atom stereocenters. The van der Waals surface area contributed by atoms with Crippen LogP contribution in [0.1, 0.15) is 75.6 Å². The number of amides is 4. The van der Waals surface area contributed by atoms with Gasteiger partial charge in [-0.15, -0.1) is 0 Å². The van der Waals surface area contributed by atoms with E-state index in [0.717, 1.165) is 32.1 Å². The molecule has 0 aromatic heterocycles. The Labute approximate surface area is 207 Å². The predicted octanol–water partition coefficient (Wildman–Crippen LogP) is 4.09. The lowest BCUT2D eigenvalue weighted by molar-refractivity contribution is -0.136. The minimum absolute atomic E-state index is 0.106. The maximum Gasteiger partial charge on any atom is 0.319 e. The second kappa shape index (κ2) is 8.80. The van der Waals surface area contributed by atoms with Crippen LogP contribution < -0.4 is 16.1 Å². The number of hydrogen-bond acceptors (Lipinski definition) is 4. The van der Waals surface area contributed by atoms with Crippen LogP contribution in [0.4, 0.5) is 10.5 Å². The molecular weight excluding hydrogens is 444 g/mol. The van der Waals surface area contributed by atoms with Crippen LogP contribution in [0, 0.1) is 22.7 Å². The van der Waals surface area contributed by atoms with Crippen molar-refractivity contribution >= 4 is 23.5 Å². The number of nitrogens with one attached hydrogen (secondary N) is 3. The molecule has 4 bridgehead atoms. The van der Waals surface area contributed by atoms with Gasteiger partial charge in [-0.3, -0.25) is 14.4 Å². The summed E-state index contributed by atoms with van der Waals surface area (Å²) in [6.45, 7) is 5.79. The number of anilines is 1. The summed E-state index contributed by atoms with van der Waals surface area (Å²) in [5, 5.41) is 6.35. The predicted molar refractivity (Wildman–Crippen MR) is 133 cm³/mol. The van der Waals surface area contributed by atoms with Crippen LogP contribution in [-0.4, -0.2) is 48.5 Å². The normalized spacial score (nSPS) is 35.5. The molecule has 1 aromatic rings. The van der Waals surface area contributed by atoms with E-state index in [2.05, 4.69) is 30.0 Å². The summed E-state index contributed by atoms with van der Waals surface area (Å²) in [7, 11) is 1.41. The van der Waals surface area contributed by atoms with Gasteiger partial charge in [0, 0.05) is 29.9 Å². The number of piperidine rings is 1. The molecule has 6 rings (SSSR count). The van der Waals surface area contributed by atoms with Crippen LogP contribution in [0.5, 0.6) is 0 Å². The number of carbonyl (C=O) groups excluding carboxylic acids is 3. The Morgan fingerprint density at radius 2 is 1.69 bits per heavy atom. The maximum absolute atomic E-state index is 13.0. The molecule has 8 heteroatoms. The summed E-state index contributed by atoms with van der Waals surface area (Å²) in [5.41, 5.74) is 4.14. The molecule has 1 aliphatic heterocycles. The summed E-state index contributed by atoms with van der Waals surface area (Å²) in [6, 6.07) is 6.86. The number of likely N-dealkylation sites (tertiary alicyclic amines) is 1. The lowest BCUT2D eigenvalue weighted by Gasteiger charge is -2.65. The number of benzene rings is 1. The molecule has 5 fully saturated rings. The third-order valence-electron chi connectivity index (χ3n) is 8.68. The van der Waals surface area contributed by atoms with Crippen molar-refractivity contribution in [3.63, 3.8) is 0 Å². The number of rotatable bonds is 5. The average Bonchev–Trinajstić information content (AvgIpc) is 2.76. The molecule has 3 N–H and O–H groups in total. The Morgan fingerprint density at radius 3 is 2.31 bits per heavy atom. The Balaban J connectivity index is 1.19. The molecule has 4 amide bonds. The van der Waals surface area contributed by atoms with Gasteiger partial charge in [-0.1, -0.05) is 13.8 Å². The summed E-state index contributed by atoms with van der Waals surface area (Å²) in [6.07, 6.45) is 8.56. The highest BCUT2D eigenvalue weighted by Crippen LogP contribution is 2.66. The first-order valence-electron chi connectivity index (χ1n) is 12.9. The van der Waals surface area contributed by atoms with E-state index < -0.39 is 0 Å². The van der Waals surface area contributed by atoms with Crippen LogP contribution in [-0.2, 0) is 9.63 Å². The second-order valence-electron chi connectivity index (χ2n) is 12.3.